The van der Waals surface area contributed by atoms with Crippen molar-refractivity contribution in [3.63, 3.8) is 0 Å². The van der Waals surface area contributed by atoms with E-state index in [4.69, 9.17) is 5.73 Å². The fourth-order valence-corrected chi connectivity index (χ4v) is 4.96. The SMILES string of the molecule is CC1CCC2(CC1C)[C@H]1CC[C@H](C1)[C@@H]2N. The summed E-state index contributed by atoms with van der Waals surface area (Å²) in [6.45, 7) is 4.88. The zero-order valence-electron chi connectivity index (χ0n) is 10.2. The molecule has 0 aliphatic heterocycles. The molecule has 0 aromatic rings. The molecule has 1 heteroatoms. The van der Waals surface area contributed by atoms with Gasteiger partial charge in [-0.2, -0.15) is 0 Å². The summed E-state index contributed by atoms with van der Waals surface area (Å²) in [5.74, 6) is 3.72. The quantitative estimate of drug-likeness (QED) is 0.648. The van der Waals surface area contributed by atoms with Crippen LogP contribution in [0.25, 0.3) is 0 Å². The molecule has 3 rings (SSSR count). The van der Waals surface area contributed by atoms with Crippen molar-refractivity contribution in [3.8, 4) is 0 Å². The average molecular weight is 207 g/mol. The van der Waals surface area contributed by atoms with E-state index in [1.54, 1.807) is 0 Å². The molecule has 2 N–H and O–H groups in total. The molecule has 15 heavy (non-hydrogen) atoms. The molecular weight excluding hydrogens is 182 g/mol. The first-order valence-corrected chi connectivity index (χ1v) is 6.89. The van der Waals surface area contributed by atoms with Gasteiger partial charge in [-0.05, 0) is 67.6 Å². The van der Waals surface area contributed by atoms with Crippen molar-refractivity contribution in [2.45, 2.75) is 58.4 Å². The van der Waals surface area contributed by atoms with Crippen LogP contribution in [0, 0.1) is 29.1 Å². The summed E-state index contributed by atoms with van der Waals surface area (Å²) < 4.78 is 0. The van der Waals surface area contributed by atoms with Gasteiger partial charge in [0.15, 0.2) is 0 Å². The Hall–Kier alpha value is -0.0400. The van der Waals surface area contributed by atoms with Gasteiger partial charge in [-0.25, -0.2) is 0 Å². The Bertz CT molecular complexity index is 258. The first-order valence-electron chi connectivity index (χ1n) is 6.89. The predicted octanol–water partition coefficient (Wildman–Crippen LogP) is 3.19. The van der Waals surface area contributed by atoms with Crippen molar-refractivity contribution in [2.75, 3.05) is 0 Å². The molecule has 6 atom stereocenters. The predicted molar refractivity (Wildman–Crippen MR) is 63.4 cm³/mol. The van der Waals surface area contributed by atoms with E-state index in [9.17, 15) is 0 Å². The van der Waals surface area contributed by atoms with E-state index in [2.05, 4.69) is 13.8 Å². The zero-order valence-corrected chi connectivity index (χ0v) is 10.2. The summed E-state index contributed by atoms with van der Waals surface area (Å²) in [5, 5.41) is 0. The standard InChI is InChI=1S/C14H25N/c1-9-5-6-14(8-10(9)2)12-4-3-11(7-12)13(14)15/h9-13H,3-8,15H2,1-2H3/t9?,10?,11-,12+,13+,14?/m1/s1. The van der Waals surface area contributed by atoms with Crippen molar-refractivity contribution >= 4 is 0 Å². The van der Waals surface area contributed by atoms with Crippen LogP contribution in [0.5, 0.6) is 0 Å². The second kappa shape index (κ2) is 3.23. The third kappa shape index (κ3) is 1.25. The van der Waals surface area contributed by atoms with Gasteiger partial charge in [-0.3, -0.25) is 0 Å². The second-order valence-electron chi connectivity index (χ2n) is 6.73. The minimum absolute atomic E-state index is 0.547. The minimum atomic E-state index is 0.547. The highest BCUT2D eigenvalue weighted by atomic mass is 14.8. The maximum Gasteiger partial charge on any atom is 0.0127 e. The highest BCUT2D eigenvalue weighted by molar-refractivity contribution is 5.10. The van der Waals surface area contributed by atoms with E-state index in [-0.39, 0.29) is 0 Å². The largest absolute Gasteiger partial charge is 0.327 e. The second-order valence-corrected chi connectivity index (χ2v) is 6.73. The van der Waals surface area contributed by atoms with Gasteiger partial charge >= 0.3 is 0 Å². The van der Waals surface area contributed by atoms with Crippen LogP contribution in [0.3, 0.4) is 0 Å². The monoisotopic (exact) mass is 207 g/mol. The normalized spacial score (nSPS) is 59.0. The van der Waals surface area contributed by atoms with Crippen molar-refractivity contribution in [1.82, 2.24) is 0 Å². The van der Waals surface area contributed by atoms with E-state index in [0.717, 1.165) is 23.7 Å². The molecule has 0 aromatic heterocycles. The lowest BCUT2D eigenvalue weighted by Crippen LogP contribution is -2.49. The van der Waals surface area contributed by atoms with E-state index >= 15 is 0 Å². The molecule has 0 aromatic carbocycles. The van der Waals surface area contributed by atoms with Gasteiger partial charge in [0, 0.05) is 6.04 Å². The molecule has 0 radical (unpaired) electrons. The molecule has 3 aliphatic carbocycles. The number of nitrogens with two attached hydrogens (primary N) is 1. The van der Waals surface area contributed by atoms with E-state index in [0.29, 0.717) is 11.5 Å². The highest BCUT2D eigenvalue weighted by Gasteiger charge is 2.57. The Labute approximate surface area is 93.8 Å². The highest BCUT2D eigenvalue weighted by Crippen LogP contribution is 2.62. The fourth-order valence-electron chi connectivity index (χ4n) is 4.96. The van der Waals surface area contributed by atoms with E-state index < -0.39 is 0 Å². The number of fused-ring (bicyclic) bond motifs is 3. The Morgan fingerprint density at radius 2 is 1.87 bits per heavy atom. The van der Waals surface area contributed by atoms with Crippen LogP contribution in [-0.2, 0) is 0 Å². The minimum Gasteiger partial charge on any atom is -0.327 e. The van der Waals surface area contributed by atoms with Crippen LogP contribution in [-0.4, -0.2) is 6.04 Å². The summed E-state index contributed by atoms with van der Waals surface area (Å²) in [6, 6.07) is 0.547. The van der Waals surface area contributed by atoms with Crippen LogP contribution in [0.1, 0.15) is 52.4 Å². The lowest BCUT2D eigenvalue weighted by molar-refractivity contribution is 0.0293. The molecule has 3 aliphatic rings. The molecular formula is C14H25N. The van der Waals surface area contributed by atoms with Gasteiger partial charge in [0.05, 0.1) is 0 Å². The van der Waals surface area contributed by atoms with Crippen LogP contribution in [0.4, 0.5) is 0 Å². The molecule has 1 nitrogen and oxygen atoms in total. The Kier molecular flexibility index (Phi) is 2.18. The van der Waals surface area contributed by atoms with Gasteiger partial charge in [0.25, 0.3) is 0 Å². The lowest BCUT2D eigenvalue weighted by Gasteiger charge is -2.49. The number of rotatable bonds is 0. The maximum absolute atomic E-state index is 6.54. The third-order valence-electron chi connectivity index (χ3n) is 6.20. The summed E-state index contributed by atoms with van der Waals surface area (Å²) >= 11 is 0. The van der Waals surface area contributed by atoms with Crippen molar-refractivity contribution < 1.29 is 0 Å². The maximum atomic E-state index is 6.54. The Morgan fingerprint density at radius 1 is 1.07 bits per heavy atom. The van der Waals surface area contributed by atoms with Crippen LogP contribution >= 0.6 is 0 Å². The topological polar surface area (TPSA) is 26.0 Å². The van der Waals surface area contributed by atoms with E-state index in [1.807, 2.05) is 0 Å². The summed E-state index contributed by atoms with van der Waals surface area (Å²) in [7, 11) is 0. The summed E-state index contributed by atoms with van der Waals surface area (Å²) in [6.07, 6.45) is 8.66. The van der Waals surface area contributed by atoms with Gasteiger partial charge in [0.2, 0.25) is 0 Å². The van der Waals surface area contributed by atoms with Crippen molar-refractivity contribution in [1.29, 1.82) is 0 Å². The van der Waals surface area contributed by atoms with Gasteiger partial charge in [-0.1, -0.05) is 13.8 Å². The lowest BCUT2D eigenvalue weighted by atomic mass is 9.58. The van der Waals surface area contributed by atoms with Crippen molar-refractivity contribution in [2.24, 2.45) is 34.8 Å². The molecule has 0 saturated heterocycles. The van der Waals surface area contributed by atoms with Crippen LogP contribution in [0.15, 0.2) is 0 Å². The molecule has 3 unspecified atom stereocenters. The fraction of sp³-hybridized carbons (Fsp3) is 1.00. The molecule has 2 bridgehead atoms. The van der Waals surface area contributed by atoms with Crippen molar-refractivity contribution in [3.05, 3.63) is 0 Å². The zero-order chi connectivity index (χ0) is 10.6. The molecule has 0 heterocycles. The molecule has 86 valence electrons. The molecule has 0 amide bonds. The van der Waals surface area contributed by atoms with E-state index in [1.165, 1.54) is 38.5 Å². The molecule has 3 fully saturated rings. The summed E-state index contributed by atoms with van der Waals surface area (Å²) in [4.78, 5) is 0. The average Bonchev–Trinajstić information content (AvgIpc) is 2.77. The molecule has 1 spiro atoms. The number of hydrogen-bond acceptors (Lipinski definition) is 1. The van der Waals surface area contributed by atoms with Crippen LogP contribution in [0.2, 0.25) is 0 Å². The van der Waals surface area contributed by atoms with Crippen LogP contribution < -0.4 is 5.73 Å². The summed E-state index contributed by atoms with van der Waals surface area (Å²) in [5.41, 5.74) is 7.12. The smallest absolute Gasteiger partial charge is 0.0127 e. The number of hydrogen-bond donors (Lipinski definition) is 1. The first-order chi connectivity index (χ1) is 7.13. The Morgan fingerprint density at radius 3 is 2.47 bits per heavy atom. The first kappa shape index (κ1) is 10.1. The third-order valence-corrected chi connectivity index (χ3v) is 6.20. The van der Waals surface area contributed by atoms with Gasteiger partial charge in [-0.15, -0.1) is 0 Å². The van der Waals surface area contributed by atoms with Gasteiger partial charge in [0.1, 0.15) is 0 Å². The van der Waals surface area contributed by atoms with Gasteiger partial charge < -0.3 is 5.73 Å². The Balaban J connectivity index is 1.85. The molecule has 3 saturated carbocycles.